The first-order valence-corrected chi connectivity index (χ1v) is 2.99. The zero-order chi connectivity index (χ0) is 9.14. The van der Waals surface area contributed by atoms with Gasteiger partial charge in [-0.15, -0.1) is 6.42 Å². The van der Waals surface area contributed by atoms with Crippen molar-refractivity contribution >= 4 is 5.69 Å². The smallest absolute Gasteiger partial charge is 0.301 e. The maximum Gasteiger partial charge on any atom is 0.301 e. The summed E-state index contributed by atoms with van der Waals surface area (Å²) in [6, 6.07) is 2.13. The molecule has 0 aliphatic carbocycles. The second-order valence-electron chi connectivity index (χ2n) is 1.98. The topological polar surface area (TPSA) is 76.0 Å². The van der Waals surface area contributed by atoms with E-state index in [0.29, 0.717) is 0 Å². The molecule has 1 aromatic heterocycles. The van der Waals surface area contributed by atoms with Crippen LogP contribution in [0.2, 0.25) is 0 Å². The van der Waals surface area contributed by atoms with Gasteiger partial charge in [0.1, 0.15) is 0 Å². The Kier molecular flexibility index (Phi) is 1.92. The van der Waals surface area contributed by atoms with Crippen LogP contribution in [0.25, 0.3) is 0 Å². The molecule has 0 aliphatic heterocycles. The van der Waals surface area contributed by atoms with Crippen LogP contribution in [0.15, 0.2) is 16.9 Å². The highest BCUT2D eigenvalue weighted by Gasteiger charge is 2.11. The van der Waals surface area contributed by atoms with Gasteiger partial charge < -0.3 is 4.98 Å². The van der Waals surface area contributed by atoms with Gasteiger partial charge in [0, 0.05) is 12.1 Å². The van der Waals surface area contributed by atoms with E-state index in [2.05, 4.69) is 4.98 Å². The Morgan fingerprint density at radius 1 is 1.58 bits per heavy atom. The van der Waals surface area contributed by atoms with Gasteiger partial charge in [0.15, 0.2) is 5.69 Å². The lowest BCUT2D eigenvalue weighted by Crippen LogP contribution is -2.07. The van der Waals surface area contributed by atoms with E-state index in [-0.39, 0.29) is 11.4 Å². The standard InChI is InChI=1S/C7H4N2O3/c1-2-5-6(9(11)12)3-4-7(10)8-5/h1,3-4H,(H,8,10). The van der Waals surface area contributed by atoms with Crippen LogP contribution >= 0.6 is 0 Å². The number of aromatic amines is 1. The molecular weight excluding hydrogens is 160 g/mol. The summed E-state index contributed by atoms with van der Waals surface area (Å²) in [5.74, 6) is 2.02. The number of terminal acetylenes is 1. The van der Waals surface area contributed by atoms with E-state index >= 15 is 0 Å². The molecule has 0 aliphatic rings. The largest absolute Gasteiger partial charge is 0.310 e. The highest BCUT2D eigenvalue weighted by Crippen LogP contribution is 2.11. The van der Waals surface area contributed by atoms with Gasteiger partial charge in [-0.1, -0.05) is 0 Å². The van der Waals surface area contributed by atoms with Crippen molar-refractivity contribution < 1.29 is 4.92 Å². The Morgan fingerprint density at radius 3 is 2.75 bits per heavy atom. The fourth-order valence-electron chi connectivity index (χ4n) is 0.729. The van der Waals surface area contributed by atoms with E-state index in [9.17, 15) is 14.9 Å². The molecule has 0 bridgehead atoms. The quantitative estimate of drug-likeness (QED) is 0.367. The average Bonchev–Trinajstić information content (AvgIpc) is 2.03. The van der Waals surface area contributed by atoms with Crippen molar-refractivity contribution in [1.82, 2.24) is 4.98 Å². The molecule has 1 heterocycles. The lowest BCUT2D eigenvalue weighted by atomic mass is 10.3. The Balaban J connectivity index is 3.42. The Labute approximate surface area is 67.2 Å². The van der Waals surface area contributed by atoms with Crippen LogP contribution in [0, 0.1) is 22.5 Å². The van der Waals surface area contributed by atoms with Gasteiger partial charge in [0.2, 0.25) is 5.56 Å². The molecule has 0 saturated carbocycles. The van der Waals surface area contributed by atoms with Crippen LogP contribution < -0.4 is 5.56 Å². The Bertz CT molecular complexity index is 413. The maximum atomic E-state index is 10.7. The molecule has 0 atom stereocenters. The van der Waals surface area contributed by atoms with Gasteiger partial charge in [-0.05, 0) is 5.92 Å². The summed E-state index contributed by atoms with van der Waals surface area (Å²) in [7, 11) is 0. The van der Waals surface area contributed by atoms with Crippen LogP contribution in [0.1, 0.15) is 5.69 Å². The molecule has 0 fully saturated rings. The zero-order valence-electron chi connectivity index (χ0n) is 5.90. The van der Waals surface area contributed by atoms with Crippen molar-refractivity contribution in [1.29, 1.82) is 0 Å². The summed E-state index contributed by atoms with van der Waals surface area (Å²) in [5.41, 5.74) is -0.821. The van der Waals surface area contributed by atoms with Crippen LogP contribution in [0.3, 0.4) is 0 Å². The fourth-order valence-corrected chi connectivity index (χ4v) is 0.729. The van der Waals surface area contributed by atoms with E-state index in [1.165, 1.54) is 0 Å². The van der Waals surface area contributed by atoms with Gasteiger partial charge in [-0.3, -0.25) is 14.9 Å². The third kappa shape index (κ3) is 1.32. The average molecular weight is 164 g/mol. The third-order valence-corrected chi connectivity index (χ3v) is 1.24. The van der Waals surface area contributed by atoms with Crippen molar-refractivity contribution in [2.45, 2.75) is 0 Å². The van der Waals surface area contributed by atoms with E-state index < -0.39 is 10.5 Å². The highest BCUT2D eigenvalue weighted by molar-refractivity contribution is 5.44. The van der Waals surface area contributed by atoms with E-state index in [1.807, 2.05) is 5.92 Å². The van der Waals surface area contributed by atoms with Crippen molar-refractivity contribution in [2.24, 2.45) is 0 Å². The van der Waals surface area contributed by atoms with Crippen LogP contribution in [-0.4, -0.2) is 9.91 Å². The van der Waals surface area contributed by atoms with Gasteiger partial charge in [-0.2, -0.15) is 0 Å². The summed E-state index contributed by atoms with van der Waals surface area (Å²) in [5, 5.41) is 10.3. The normalized spacial score (nSPS) is 8.92. The van der Waals surface area contributed by atoms with Crippen molar-refractivity contribution in [3.8, 4) is 12.3 Å². The minimum Gasteiger partial charge on any atom is -0.310 e. The molecule has 60 valence electrons. The van der Waals surface area contributed by atoms with Gasteiger partial charge in [0.25, 0.3) is 0 Å². The number of hydrogen-bond acceptors (Lipinski definition) is 3. The first kappa shape index (κ1) is 8.01. The van der Waals surface area contributed by atoms with Crippen molar-refractivity contribution in [2.75, 3.05) is 0 Å². The van der Waals surface area contributed by atoms with Crippen LogP contribution in [-0.2, 0) is 0 Å². The number of aromatic nitrogens is 1. The number of pyridine rings is 1. The molecule has 1 aromatic rings. The second-order valence-corrected chi connectivity index (χ2v) is 1.98. The molecule has 0 saturated heterocycles. The molecule has 0 spiro atoms. The van der Waals surface area contributed by atoms with Crippen molar-refractivity contribution in [3.63, 3.8) is 0 Å². The predicted octanol–water partition coefficient (Wildman–Crippen LogP) is 0.264. The fraction of sp³-hybridized carbons (Fsp3) is 0. The molecular formula is C7H4N2O3. The molecule has 5 nitrogen and oxygen atoms in total. The molecule has 12 heavy (non-hydrogen) atoms. The number of nitro groups is 1. The van der Waals surface area contributed by atoms with E-state index in [1.54, 1.807) is 0 Å². The lowest BCUT2D eigenvalue weighted by Gasteiger charge is -1.92. The molecule has 0 unspecified atom stereocenters. The first-order chi connectivity index (χ1) is 5.65. The summed E-state index contributed by atoms with van der Waals surface area (Å²) in [4.78, 5) is 22.5. The van der Waals surface area contributed by atoms with Gasteiger partial charge in [-0.25, -0.2) is 0 Å². The van der Waals surface area contributed by atoms with Gasteiger partial charge >= 0.3 is 5.69 Å². The number of nitrogens with zero attached hydrogens (tertiary/aromatic N) is 1. The summed E-state index contributed by atoms with van der Waals surface area (Å²) in [6.45, 7) is 0. The summed E-state index contributed by atoms with van der Waals surface area (Å²) in [6.07, 6.45) is 4.93. The third-order valence-electron chi connectivity index (χ3n) is 1.24. The second kappa shape index (κ2) is 2.88. The van der Waals surface area contributed by atoms with E-state index in [0.717, 1.165) is 12.1 Å². The van der Waals surface area contributed by atoms with Crippen LogP contribution in [0.4, 0.5) is 5.69 Å². The zero-order valence-corrected chi connectivity index (χ0v) is 5.90. The molecule has 1 rings (SSSR count). The highest BCUT2D eigenvalue weighted by atomic mass is 16.6. The molecule has 0 amide bonds. The number of hydrogen-bond donors (Lipinski definition) is 1. The van der Waals surface area contributed by atoms with Gasteiger partial charge in [0.05, 0.1) is 4.92 Å². The number of rotatable bonds is 1. The van der Waals surface area contributed by atoms with Crippen molar-refractivity contribution in [3.05, 3.63) is 38.3 Å². The monoisotopic (exact) mass is 164 g/mol. The SMILES string of the molecule is C#Cc1[nH]c(=O)ccc1[N+](=O)[O-]. The minimum atomic E-state index is -0.648. The Morgan fingerprint density at radius 2 is 2.25 bits per heavy atom. The molecule has 0 radical (unpaired) electrons. The number of nitrogens with one attached hydrogen (secondary N) is 1. The van der Waals surface area contributed by atoms with Crippen LogP contribution in [0.5, 0.6) is 0 Å². The van der Waals surface area contributed by atoms with E-state index in [4.69, 9.17) is 6.42 Å². The number of H-pyrrole nitrogens is 1. The minimum absolute atomic E-state index is 0.104. The molecule has 0 aromatic carbocycles. The summed E-state index contributed by atoms with van der Waals surface area (Å²) >= 11 is 0. The molecule has 5 heteroatoms. The Hall–Kier alpha value is -2.09. The summed E-state index contributed by atoms with van der Waals surface area (Å²) < 4.78 is 0. The maximum absolute atomic E-state index is 10.7. The predicted molar refractivity (Wildman–Crippen MR) is 41.7 cm³/mol. The first-order valence-electron chi connectivity index (χ1n) is 2.99. The lowest BCUT2D eigenvalue weighted by molar-refractivity contribution is -0.385. The molecule has 1 N–H and O–H groups in total.